The Labute approximate surface area is 163 Å². The first kappa shape index (κ1) is 19.9. The Kier molecular flexibility index (Phi) is 6.23. The van der Waals surface area contributed by atoms with Crippen molar-refractivity contribution in [3.05, 3.63) is 35.4 Å². The first-order chi connectivity index (χ1) is 12.9. The average Bonchev–Trinajstić information content (AvgIpc) is 2.66. The largest absolute Gasteiger partial charge is 0.343 e. The Morgan fingerprint density at radius 2 is 1.70 bits per heavy atom. The van der Waals surface area contributed by atoms with E-state index in [9.17, 15) is 9.59 Å². The number of benzene rings is 1. The Morgan fingerprint density at radius 3 is 2.37 bits per heavy atom. The molecule has 0 spiro atoms. The molecule has 4 heteroatoms. The molecule has 1 fully saturated rings. The highest BCUT2D eigenvalue weighted by molar-refractivity contribution is 5.80. The van der Waals surface area contributed by atoms with E-state index in [2.05, 4.69) is 45.0 Å². The smallest absolute Gasteiger partial charge is 0.226 e. The summed E-state index contributed by atoms with van der Waals surface area (Å²) in [4.78, 5) is 29.6. The molecule has 1 aromatic rings. The fraction of sp³-hybridized carbons (Fsp3) is 0.652. The first-order valence-corrected chi connectivity index (χ1v) is 10.5. The van der Waals surface area contributed by atoms with Gasteiger partial charge in [-0.15, -0.1) is 0 Å². The topological polar surface area (TPSA) is 40.6 Å². The van der Waals surface area contributed by atoms with Crippen LogP contribution in [-0.2, 0) is 22.6 Å². The predicted octanol–water partition coefficient (Wildman–Crippen LogP) is 4.03. The van der Waals surface area contributed by atoms with E-state index in [-0.39, 0.29) is 23.1 Å². The van der Waals surface area contributed by atoms with E-state index >= 15 is 0 Å². The minimum atomic E-state index is 0.0691. The van der Waals surface area contributed by atoms with Crippen LogP contribution in [0.1, 0.15) is 64.0 Å². The zero-order valence-corrected chi connectivity index (χ0v) is 17.2. The highest BCUT2D eigenvalue weighted by Gasteiger charge is 2.32. The molecule has 1 saturated heterocycles. The van der Waals surface area contributed by atoms with Gasteiger partial charge < -0.3 is 9.80 Å². The van der Waals surface area contributed by atoms with Crippen LogP contribution < -0.4 is 0 Å². The van der Waals surface area contributed by atoms with Crippen LogP contribution in [-0.4, -0.2) is 41.2 Å². The number of rotatable bonds is 5. The van der Waals surface area contributed by atoms with Crippen molar-refractivity contribution < 1.29 is 9.59 Å². The van der Waals surface area contributed by atoms with Gasteiger partial charge in [-0.3, -0.25) is 9.59 Å². The third kappa shape index (κ3) is 4.91. The van der Waals surface area contributed by atoms with E-state index in [1.165, 1.54) is 11.1 Å². The molecule has 2 heterocycles. The zero-order chi connectivity index (χ0) is 19.4. The van der Waals surface area contributed by atoms with Crippen molar-refractivity contribution in [1.82, 2.24) is 9.80 Å². The molecule has 4 nitrogen and oxygen atoms in total. The van der Waals surface area contributed by atoms with Crippen molar-refractivity contribution in [3.63, 3.8) is 0 Å². The van der Waals surface area contributed by atoms with Crippen LogP contribution in [0, 0.1) is 11.3 Å². The molecule has 148 valence electrons. The zero-order valence-electron chi connectivity index (χ0n) is 17.2. The van der Waals surface area contributed by atoms with E-state index in [1.807, 2.05) is 9.80 Å². The highest BCUT2D eigenvalue weighted by Crippen LogP contribution is 2.29. The maximum Gasteiger partial charge on any atom is 0.226 e. The Bertz CT molecular complexity index is 675. The van der Waals surface area contributed by atoms with Crippen LogP contribution in [0.4, 0.5) is 0 Å². The van der Waals surface area contributed by atoms with E-state index < -0.39 is 0 Å². The van der Waals surface area contributed by atoms with Gasteiger partial charge in [-0.1, -0.05) is 51.5 Å². The first-order valence-electron chi connectivity index (χ1n) is 10.5. The Morgan fingerprint density at radius 1 is 1.04 bits per heavy atom. The molecule has 0 radical (unpaired) electrons. The van der Waals surface area contributed by atoms with Crippen molar-refractivity contribution in [2.24, 2.45) is 11.3 Å². The van der Waals surface area contributed by atoms with Gasteiger partial charge in [-0.05, 0) is 42.2 Å². The lowest BCUT2D eigenvalue weighted by Crippen LogP contribution is -2.46. The van der Waals surface area contributed by atoms with Gasteiger partial charge in [-0.2, -0.15) is 0 Å². The lowest BCUT2D eigenvalue weighted by Gasteiger charge is -2.37. The Hall–Kier alpha value is -1.84. The summed E-state index contributed by atoms with van der Waals surface area (Å²) in [6, 6.07) is 8.43. The number of carbonyl (C=O) groups is 2. The van der Waals surface area contributed by atoms with Crippen molar-refractivity contribution in [2.45, 2.75) is 65.8 Å². The summed E-state index contributed by atoms with van der Waals surface area (Å²) in [7, 11) is 0. The lowest BCUT2D eigenvalue weighted by atomic mass is 9.83. The van der Waals surface area contributed by atoms with Gasteiger partial charge in [0.15, 0.2) is 0 Å². The summed E-state index contributed by atoms with van der Waals surface area (Å²) in [6.07, 6.45) is 5.35. The van der Waals surface area contributed by atoms with Crippen LogP contribution >= 0.6 is 0 Å². The molecule has 27 heavy (non-hydrogen) atoms. The maximum absolute atomic E-state index is 13.0. The van der Waals surface area contributed by atoms with Gasteiger partial charge in [0.25, 0.3) is 0 Å². The number of hydrogen-bond acceptors (Lipinski definition) is 2. The van der Waals surface area contributed by atoms with Gasteiger partial charge in [0.1, 0.15) is 0 Å². The molecule has 0 aromatic heterocycles. The molecule has 0 unspecified atom stereocenters. The van der Waals surface area contributed by atoms with Crippen molar-refractivity contribution in [1.29, 1.82) is 0 Å². The van der Waals surface area contributed by atoms with Crippen molar-refractivity contribution in [3.8, 4) is 0 Å². The third-order valence-corrected chi connectivity index (χ3v) is 6.20. The average molecular weight is 371 g/mol. The van der Waals surface area contributed by atoms with Gasteiger partial charge in [0, 0.05) is 38.5 Å². The summed E-state index contributed by atoms with van der Waals surface area (Å²) in [5, 5.41) is 0. The second-order valence-electron chi connectivity index (χ2n) is 9.02. The molecule has 2 aliphatic heterocycles. The molecular formula is C23H34N2O2. The fourth-order valence-corrected chi connectivity index (χ4v) is 4.60. The minimum absolute atomic E-state index is 0.0691. The van der Waals surface area contributed by atoms with Gasteiger partial charge in [0.2, 0.25) is 11.8 Å². The van der Waals surface area contributed by atoms with Crippen molar-refractivity contribution >= 4 is 11.8 Å². The lowest BCUT2D eigenvalue weighted by molar-refractivity contribution is -0.142. The molecule has 0 bridgehead atoms. The number of fused-ring (bicyclic) bond motifs is 1. The standard InChI is InChI=1S/C23H34N2O2/c1-4-12-23(2,3)16-21(26)24-13-10-19(11-14-24)22(27)25-15-9-18-7-5-6-8-20(18)17-25/h5-8,19H,4,9-17H2,1-3H3. The number of amides is 2. The second-order valence-corrected chi connectivity index (χ2v) is 9.02. The number of nitrogens with zero attached hydrogens (tertiary/aromatic N) is 2. The molecule has 2 amide bonds. The van der Waals surface area contributed by atoms with Crippen LogP contribution in [0.5, 0.6) is 0 Å². The summed E-state index contributed by atoms with van der Waals surface area (Å²) in [6.45, 7) is 9.53. The molecule has 0 atom stereocenters. The molecule has 2 aliphatic rings. The molecule has 0 saturated carbocycles. The quantitative estimate of drug-likeness (QED) is 0.785. The van der Waals surface area contributed by atoms with E-state index in [0.717, 1.165) is 58.3 Å². The molecule has 3 rings (SSSR count). The summed E-state index contributed by atoms with van der Waals surface area (Å²) in [5.74, 6) is 0.608. The van der Waals surface area contributed by atoms with E-state index in [1.54, 1.807) is 0 Å². The van der Waals surface area contributed by atoms with Gasteiger partial charge >= 0.3 is 0 Å². The molecule has 1 aromatic carbocycles. The molecular weight excluding hydrogens is 336 g/mol. The monoisotopic (exact) mass is 370 g/mol. The van der Waals surface area contributed by atoms with Crippen LogP contribution in [0.2, 0.25) is 0 Å². The second kappa shape index (κ2) is 8.45. The van der Waals surface area contributed by atoms with Crippen molar-refractivity contribution in [2.75, 3.05) is 19.6 Å². The van der Waals surface area contributed by atoms with Crippen LogP contribution in [0.15, 0.2) is 24.3 Å². The predicted molar refractivity (Wildman–Crippen MR) is 108 cm³/mol. The maximum atomic E-state index is 13.0. The number of hydrogen-bond donors (Lipinski definition) is 0. The summed E-state index contributed by atoms with van der Waals surface area (Å²) >= 11 is 0. The Balaban J connectivity index is 1.50. The van der Waals surface area contributed by atoms with Gasteiger partial charge in [0.05, 0.1) is 0 Å². The molecule has 0 N–H and O–H groups in total. The van der Waals surface area contributed by atoms with Crippen LogP contribution in [0.3, 0.4) is 0 Å². The normalized spacial score (nSPS) is 18.3. The van der Waals surface area contributed by atoms with Crippen LogP contribution in [0.25, 0.3) is 0 Å². The fourth-order valence-electron chi connectivity index (χ4n) is 4.60. The number of likely N-dealkylation sites (tertiary alicyclic amines) is 1. The number of carbonyl (C=O) groups excluding carboxylic acids is 2. The minimum Gasteiger partial charge on any atom is -0.343 e. The third-order valence-electron chi connectivity index (χ3n) is 6.20. The van der Waals surface area contributed by atoms with Gasteiger partial charge in [-0.25, -0.2) is 0 Å². The summed E-state index contributed by atoms with van der Waals surface area (Å²) < 4.78 is 0. The highest BCUT2D eigenvalue weighted by atomic mass is 16.2. The number of piperidine rings is 1. The van der Waals surface area contributed by atoms with E-state index in [4.69, 9.17) is 0 Å². The summed E-state index contributed by atoms with van der Waals surface area (Å²) in [5.41, 5.74) is 2.72. The SMILES string of the molecule is CCCC(C)(C)CC(=O)N1CCC(C(=O)N2CCc3ccccc3C2)CC1. The molecule has 0 aliphatic carbocycles. The van der Waals surface area contributed by atoms with E-state index in [0.29, 0.717) is 6.42 Å².